The molecule has 9 heteroatoms. The van der Waals surface area contributed by atoms with E-state index in [1.54, 1.807) is 23.8 Å². The minimum atomic E-state index is -3.34. The van der Waals surface area contributed by atoms with Crippen LogP contribution in [0.2, 0.25) is 5.28 Å². The van der Waals surface area contributed by atoms with Crippen molar-refractivity contribution in [2.75, 3.05) is 29.6 Å². The molecule has 0 saturated carbocycles. The number of fused-ring (bicyclic) bond motifs is 1. The maximum absolute atomic E-state index is 11.9. The first-order valence-electron chi connectivity index (χ1n) is 7.51. The van der Waals surface area contributed by atoms with Crippen molar-refractivity contribution in [1.29, 1.82) is 0 Å². The molecule has 0 spiro atoms. The molecule has 0 unspecified atom stereocenters. The second-order valence-corrected chi connectivity index (χ2v) is 8.11. The van der Waals surface area contributed by atoms with Gasteiger partial charge in [-0.2, -0.15) is 4.98 Å². The predicted octanol–water partition coefficient (Wildman–Crippen LogP) is 2.41. The number of hydrogen-bond donors (Lipinski definition) is 0. The topological polar surface area (TPSA) is 70.8 Å². The van der Waals surface area contributed by atoms with Gasteiger partial charge in [-0.15, -0.1) is 5.10 Å². The van der Waals surface area contributed by atoms with Gasteiger partial charge in [0.15, 0.2) is 5.65 Å². The Kier molecular flexibility index (Phi) is 4.57. The number of pyridine rings is 1. The molecule has 132 valence electrons. The van der Waals surface area contributed by atoms with Gasteiger partial charge in [-0.1, -0.05) is 18.2 Å². The Hall–Kier alpha value is -2.32. The molecular weight excluding hydrogens is 362 g/mol. The molecule has 0 aliphatic heterocycles. The van der Waals surface area contributed by atoms with Crippen LogP contribution in [0.25, 0.3) is 5.65 Å². The van der Waals surface area contributed by atoms with Gasteiger partial charge in [0.1, 0.15) is 0 Å². The van der Waals surface area contributed by atoms with Gasteiger partial charge in [-0.3, -0.25) is 4.31 Å². The SMILES string of the molecule is CN(Cc1ccccc1N(C)S(C)(=O)=O)c1cccn2nc(Cl)nc12. The number of para-hydroxylation sites is 1. The second-order valence-electron chi connectivity index (χ2n) is 5.76. The van der Waals surface area contributed by atoms with Crippen molar-refractivity contribution in [3.05, 3.63) is 53.4 Å². The Bertz CT molecular complexity index is 1020. The second kappa shape index (κ2) is 6.53. The maximum Gasteiger partial charge on any atom is 0.243 e. The summed E-state index contributed by atoms with van der Waals surface area (Å²) in [5, 5.41) is 4.28. The molecule has 2 heterocycles. The van der Waals surface area contributed by atoms with Gasteiger partial charge in [0.25, 0.3) is 0 Å². The minimum absolute atomic E-state index is 0.179. The highest BCUT2D eigenvalue weighted by atomic mass is 35.5. The predicted molar refractivity (Wildman–Crippen MR) is 99.8 cm³/mol. The monoisotopic (exact) mass is 379 g/mol. The molecule has 3 aromatic rings. The van der Waals surface area contributed by atoms with Crippen LogP contribution in [0.4, 0.5) is 11.4 Å². The molecule has 0 amide bonds. The molecule has 0 saturated heterocycles. The van der Waals surface area contributed by atoms with Gasteiger partial charge in [-0.05, 0) is 35.4 Å². The number of halogens is 1. The van der Waals surface area contributed by atoms with Gasteiger partial charge < -0.3 is 4.90 Å². The van der Waals surface area contributed by atoms with E-state index < -0.39 is 10.0 Å². The van der Waals surface area contributed by atoms with E-state index in [0.717, 1.165) is 11.3 Å². The third-order valence-corrected chi connectivity index (χ3v) is 5.31. The van der Waals surface area contributed by atoms with Crippen molar-refractivity contribution < 1.29 is 8.42 Å². The number of anilines is 2. The van der Waals surface area contributed by atoms with Gasteiger partial charge >= 0.3 is 0 Å². The largest absolute Gasteiger partial charge is 0.367 e. The van der Waals surface area contributed by atoms with E-state index in [2.05, 4.69) is 10.1 Å². The van der Waals surface area contributed by atoms with Crippen molar-refractivity contribution in [3.63, 3.8) is 0 Å². The van der Waals surface area contributed by atoms with Crippen LogP contribution in [0.5, 0.6) is 0 Å². The first-order valence-corrected chi connectivity index (χ1v) is 9.74. The Balaban J connectivity index is 1.97. The molecule has 2 aromatic heterocycles. The third kappa shape index (κ3) is 3.54. The van der Waals surface area contributed by atoms with Crippen molar-refractivity contribution in [2.24, 2.45) is 0 Å². The number of sulfonamides is 1. The van der Waals surface area contributed by atoms with Crippen LogP contribution in [-0.2, 0) is 16.6 Å². The molecule has 7 nitrogen and oxygen atoms in total. The first-order chi connectivity index (χ1) is 11.8. The molecule has 0 atom stereocenters. The average molecular weight is 380 g/mol. The molecule has 3 rings (SSSR count). The molecule has 0 radical (unpaired) electrons. The highest BCUT2D eigenvalue weighted by Gasteiger charge is 2.17. The van der Waals surface area contributed by atoms with Crippen LogP contribution in [0.15, 0.2) is 42.6 Å². The minimum Gasteiger partial charge on any atom is -0.367 e. The average Bonchev–Trinajstić information content (AvgIpc) is 2.93. The van der Waals surface area contributed by atoms with Gasteiger partial charge in [-0.25, -0.2) is 12.9 Å². The quantitative estimate of drug-likeness (QED) is 0.680. The van der Waals surface area contributed by atoms with Crippen molar-refractivity contribution >= 4 is 38.6 Å². The van der Waals surface area contributed by atoms with Gasteiger partial charge in [0.05, 0.1) is 17.6 Å². The number of nitrogens with zero attached hydrogens (tertiary/aromatic N) is 5. The zero-order valence-electron chi connectivity index (χ0n) is 14.1. The summed E-state index contributed by atoms with van der Waals surface area (Å²) in [6, 6.07) is 11.2. The fraction of sp³-hybridized carbons (Fsp3) is 0.250. The fourth-order valence-electron chi connectivity index (χ4n) is 2.64. The molecule has 0 N–H and O–H groups in total. The third-order valence-electron chi connectivity index (χ3n) is 3.96. The Morgan fingerprint density at radius 2 is 1.80 bits per heavy atom. The van der Waals surface area contributed by atoms with E-state index in [1.807, 2.05) is 42.3 Å². The molecule has 25 heavy (non-hydrogen) atoms. The Labute approximate surface area is 151 Å². The lowest BCUT2D eigenvalue weighted by molar-refractivity contribution is 0.600. The van der Waals surface area contributed by atoms with Crippen LogP contribution >= 0.6 is 11.6 Å². The van der Waals surface area contributed by atoms with Crippen molar-refractivity contribution in [1.82, 2.24) is 14.6 Å². The summed E-state index contributed by atoms with van der Waals surface area (Å²) in [5.74, 6) is 0. The normalized spacial score (nSPS) is 11.7. The Morgan fingerprint density at radius 1 is 1.12 bits per heavy atom. The van der Waals surface area contributed by atoms with E-state index in [9.17, 15) is 8.42 Å². The smallest absolute Gasteiger partial charge is 0.243 e. The zero-order chi connectivity index (χ0) is 18.2. The van der Waals surface area contributed by atoms with Gasteiger partial charge in [0, 0.05) is 26.8 Å². The van der Waals surface area contributed by atoms with Crippen LogP contribution in [0, 0.1) is 0 Å². The van der Waals surface area contributed by atoms with Gasteiger partial charge in [0.2, 0.25) is 15.3 Å². The molecule has 1 aromatic carbocycles. The van der Waals surface area contributed by atoms with E-state index in [1.165, 1.54) is 10.6 Å². The summed E-state index contributed by atoms with van der Waals surface area (Å²) in [7, 11) is 0.121. The summed E-state index contributed by atoms with van der Waals surface area (Å²) >= 11 is 5.90. The van der Waals surface area contributed by atoms with Crippen LogP contribution < -0.4 is 9.21 Å². The molecule has 0 bridgehead atoms. The summed E-state index contributed by atoms with van der Waals surface area (Å²) < 4.78 is 26.7. The van der Waals surface area contributed by atoms with Crippen molar-refractivity contribution in [2.45, 2.75) is 6.54 Å². The summed E-state index contributed by atoms with van der Waals surface area (Å²) in [5.41, 5.74) is 3.01. The van der Waals surface area contributed by atoms with E-state index in [0.29, 0.717) is 17.9 Å². The number of aromatic nitrogens is 3. The number of hydrogen-bond acceptors (Lipinski definition) is 5. The lowest BCUT2D eigenvalue weighted by Gasteiger charge is -2.24. The highest BCUT2D eigenvalue weighted by molar-refractivity contribution is 7.92. The first kappa shape index (κ1) is 17.5. The summed E-state index contributed by atoms with van der Waals surface area (Å²) in [6.45, 7) is 0.500. The number of rotatable bonds is 5. The fourth-order valence-corrected chi connectivity index (χ4v) is 3.33. The summed E-state index contributed by atoms with van der Waals surface area (Å²) in [6.07, 6.45) is 2.96. The standard InChI is InChI=1S/C16H18ClN5O2S/c1-20(14-9-6-10-22-15(14)18-16(17)19-22)11-12-7-4-5-8-13(12)21(2)25(3,23)24/h4-10H,11H2,1-3H3. The zero-order valence-corrected chi connectivity index (χ0v) is 15.7. The van der Waals surface area contributed by atoms with Crippen molar-refractivity contribution in [3.8, 4) is 0 Å². The lowest BCUT2D eigenvalue weighted by atomic mass is 10.1. The van der Waals surface area contributed by atoms with Crippen LogP contribution in [-0.4, -0.2) is 43.4 Å². The molecule has 0 aliphatic carbocycles. The molecule has 0 aliphatic rings. The van der Waals surface area contributed by atoms with E-state index in [-0.39, 0.29) is 5.28 Å². The number of benzene rings is 1. The lowest BCUT2D eigenvalue weighted by Crippen LogP contribution is -2.27. The maximum atomic E-state index is 11.9. The van der Waals surface area contributed by atoms with Crippen LogP contribution in [0.1, 0.15) is 5.56 Å². The van der Waals surface area contributed by atoms with E-state index in [4.69, 9.17) is 11.6 Å². The van der Waals surface area contributed by atoms with Crippen LogP contribution in [0.3, 0.4) is 0 Å². The highest BCUT2D eigenvalue weighted by Crippen LogP contribution is 2.26. The summed E-state index contributed by atoms with van der Waals surface area (Å²) in [4.78, 5) is 6.22. The Morgan fingerprint density at radius 3 is 2.52 bits per heavy atom. The molecule has 0 fully saturated rings. The van der Waals surface area contributed by atoms with E-state index >= 15 is 0 Å². The molecular formula is C16H18ClN5O2S.